The lowest BCUT2D eigenvalue weighted by Gasteiger charge is -2.07. The zero-order valence-corrected chi connectivity index (χ0v) is 12.7. The Morgan fingerprint density at radius 2 is 1.35 bits per heavy atom. The van der Waals surface area contributed by atoms with Gasteiger partial charge in [0.2, 0.25) is 0 Å². The molecule has 0 aromatic carbocycles. The van der Waals surface area contributed by atoms with E-state index in [9.17, 15) is 0 Å². The van der Waals surface area contributed by atoms with Gasteiger partial charge in [-0.25, -0.2) is 0 Å². The van der Waals surface area contributed by atoms with Crippen LogP contribution in [0.2, 0.25) is 0 Å². The standard InChI is InChI=1S/C10H22O.C5H12O/c1-9(2)5-7-11-8-6-10(3)4;1-2-3-4-5-6/h9-10H,5-8H2,1-4H3;6H,2-5H2,1H3. The minimum atomic E-state index is 0.355. The molecule has 17 heavy (non-hydrogen) atoms. The van der Waals surface area contributed by atoms with E-state index < -0.39 is 0 Å². The van der Waals surface area contributed by atoms with Crippen molar-refractivity contribution in [3.05, 3.63) is 0 Å². The van der Waals surface area contributed by atoms with Crippen molar-refractivity contribution in [2.24, 2.45) is 11.8 Å². The molecule has 0 spiro atoms. The van der Waals surface area contributed by atoms with Crippen molar-refractivity contribution < 1.29 is 9.84 Å². The molecule has 0 aliphatic heterocycles. The molecule has 0 aliphatic carbocycles. The van der Waals surface area contributed by atoms with Gasteiger partial charge in [-0.2, -0.15) is 0 Å². The number of unbranched alkanes of at least 4 members (excludes halogenated alkanes) is 2. The highest BCUT2D eigenvalue weighted by atomic mass is 16.5. The number of aliphatic hydroxyl groups is 1. The molecule has 2 nitrogen and oxygen atoms in total. The summed E-state index contributed by atoms with van der Waals surface area (Å²) in [5, 5.41) is 8.20. The fourth-order valence-electron chi connectivity index (χ4n) is 1.10. The Labute approximate surface area is 109 Å². The third-order valence-corrected chi connectivity index (χ3v) is 2.44. The van der Waals surface area contributed by atoms with Gasteiger partial charge in [-0.05, 0) is 31.1 Å². The lowest BCUT2D eigenvalue weighted by atomic mass is 10.1. The van der Waals surface area contributed by atoms with E-state index in [4.69, 9.17) is 9.84 Å². The van der Waals surface area contributed by atoms with Gasteiger partial charge in [-0.1, -0.05) is 47.5 Å². The number of hydrogen-bond donors (Lipinski definition) is 1. The van der Waals surface area contributed by atoms with Gasteiger partial charge < -0.3 is 9.84 Å². The van der Waals surface area contributed by atoms with E-state index in [0.717, 1.165) is 37.9 Å². The van der Waals surface area contributed by atoms with Gasteiger partial charge in [0.25, 0.3) is 0 Å². The first-order valence-electron chi connectivity index (χ1n) is 7.23. The summed E-state index contributed by atoms with van der Waals surface area (Å²) in [7, 11) is 0. The molecular weight excluding hydrogens is 212 g/mol. The maximum atomic E-state index is 8.20. The van der Waals surface area contributed by atoms with Gasteiger partial charge in [-0.15, -0.1) is 0 Å². The molecule has 2 heteroatoms. The Bertz CT molecular complexity index is 108. The van der Waals surface area contributed by atoms with Crippen LogP contribution >= 0.6 is 0 Å². The highest BCUT2D eigenvalue weighted by Gasteiger charge is 1.95. The summed E-state index contributed by atoms with van der Waals surface area (Å²) in [6.45, 7) is 13.3. The molecule has 0 radical (unpaired) electrons. The van der Waals surface area contributed by atoms with Crippen LogP contribution in [0.15, 0.2) is 0 Å². The summed E-state index contributed by atoms with van der Waals surface area (Å²) in [5.74, 6) is 1.54. The molecule has 106 valence electrons. The molecule has 0 unspecified atom stereocenters. The number of rotatable bonds is 9. The Morgan fingerprint density at radius 1 is 0.882 bits per heavy atom. The van der Waals surface area contributed by atoms with Gasteiger partial charge in [0.15, 0.2) is 0 Å². The van der Waals surface area contributed by atoms with Crippen LogP contribution in [0.3, 0.4) is 0 Å². The summed E-state index contributed by atoms with van der Waals surface area (Å²) in [5.41, 5.74) is 0. The summed E-state index contributed by atoms with van der Waals surface area (Å²) < 4.78 is 5.46. The van der Waals surface area contributed by atoms with Crippen molar-refractivity contribution in [3.8, 4) is 0 Å². The second-order valence-electron chi connectivity index (χ2n) is 5.41. The summed E-state index contributed by atoms with van der Waals surface area (Å²) >= 11 is 0. The molecule has 0 saturated carbocycles. The van der Waals surface area contributed by atoms with E-state index in [-0.39, 0.29) is 0 Å². The molecule has 0 aromatic rings. The molecular formula is C15H34O2. The average molecular weight is 246 g/mol. The fraction of sp³-hybridized carbons (Fsp3) is 1.00. The van der Waals surface area contributed by atoms with Crippen LogP contribution < -0.4 is 0 Å². The maximum Gasteiger partial charge on any atom is 0.0468 e. The van der Waals surface area contributed by atoms with Crippen LogP contribution in [-0.2, 0) is 4.74 Å². The third-order valence-electron chi connectivity index (χ3n) is 2.44. The zero-order chi connectivity index (χ0) is 13.5. The third kappa shape index (κ3) is 25.9. The van der Waals surface area contributed by atoms with Gasteiger partial charge in [0.05, 0.1) is 0 Å². The summed E-state index contributed by atoms with van der Waals surface area (Å²) in [6, 6.07) is 0. The predicted octanol–water partition coefficient (Wildman–Crippen LogP) is 4.26. The van der Waals surface area contributed by atoms with E-state index in [0.29, 0.717) is 6.61 Å². The van der Waals surface area contributed by atoms with Gasteiger partial charge in [0, 0.05) is 19.8 Å². The first-order valence-corrected chi connectivity index (χ1v) is 7.23. The van der Waals surface area contributed by atoms with Crippen LogP contribution in [0.25, 0.3) is 0 Å². The Balaban J connectivity index is 0. The van der Waals surface area contributed by atoms with E-state index in [1.165, 1.54) is 19.3 Å². The van der Waals surface area contributed by atoms with E-state index in [1.807, 2.05) is 0 Å². The summed E-state index contributed by atoms with van der Waals surface area (Å²) in [4.78, 5) is 0. The average Bonchev–Trinajstić information content (AvgIpc) is 2.26. The van der Waals surface area contributed by atoms with Crippen molar-refractivity contribution in [1.29, 1.82) is 0 Å². The molecule has 0 rings (SSSR count). The van der Waals surface area contributed by atoms with E-state index in [2.05, 4.69) is 34.6 Å². The van der Waals surface area contributed by atoms with Crippen molar-refractivity contribution in [3.63, 3.8) is 0 Å². The largest absolute Gasteiger partial charge is 0.396 e. The van der Waals surface area contributed by atoms with E-state index >= 15 is 0 Å². The summed E-state index contributed by atoms with van der Waals surface area (Å²) in [6.07, 6.45) is 5.71. The van der Waals surface area contributed by atoms with Gasteiger partial charge in [0.1, 0.15) is 0 Å². The Morgan fingerprint density at radius 3 is 1.59 bits per heavy atom. The van der Waals surface area contributed by atoms with Crippen molar-refractivity contribution >= 4 is 0 Å². The number of aliphatic hydroxyl groups excluding tert-OH is 1. The molecule has 1 N–H and O–H groups in total. The molecule has 0 heterocycles. The second kappa shape index (κ2) is 15.9. The van der Waals surface area contributed by atoms with Gasteiger partial charge >= 0.3 is 0 Å². The minimum absolute atomic E-state index is 0.355. The predicted molar refractivity (Wildman–Crippen MR) is 76.3 cm³/mol. The molecule has 0 aromatic heterocycles. The lowest BCUT2D eigenvalue weighted by molar-refractivity contribution is 0.114. The van der Waals surface area contributed by atoms with Crippen molar-refractivity contribution in [1.82, 2.24) is 0 Å². The first-order chi connectivity index (χ1) is 8.04. The molecule has 0 atom stereocenters. The number of ether oxygens (including phenoxy) is 1. The molecule has 0 amide bonds. The lowest BCUT2D eigenvalue weighted by Crippen LogP contribution is -2.02. The van der Waals surface area contributed by atoms with Crippen molar-refractivity contribution in [2.75, 3.05) is 19.8 Å². The van der Waals surface area contributed by atoms with Crippen LogP contribution in [0.5, 0.6) is 0 Å². The number of hydrogen-bond acceptors (Lipinski definition) is 2. The second-order valence-corrected chi connectivity index (χ2v) is 5.41. The highest BCUT2D eigenvalue weighted by molar-refractivity contribution is 4.45. The highest BCUT2D eigenvalue weighted by Crippen LogP contribution is 2.02. The van der Waals surface area contributed by atoms with E-state index in [1.54, 1.807) is 0 Å². The van der Waals surface area contributed by atoms with Gasteiger partial charge in [-0.3, -0.25) is 0 Å². The monoisotopic (exact) mass is 246 g/mol. The van der Waals surface area contributed by atoms with Crippen molar-refractivity contribution in [2.45, 2.75) is 66.7 Å². The molecule has 0 saturated heterocycles. The minimum Gasteiger partial charge on any atom is -0.396 e. The quantitative estimate of drug-likeness (QED) is 0.616. The smallest absolute Gasteiger partial charge is 0.0468 e. The molecule has 0 bridgehead atoms. The molecule has 0 aliphatic rings. The first kappa shape index (κ1) is 19.3. The molecule has 0 fully saturated rings. The van der Waals surface area contributed by atoms with Crippen LogP contribution in [0, 0.1) is 11.8 Å². The Hall–Kier alpha value is -0.0800. The van der Waals surface area contributed by atoms with Crippen LogP contribution in [0.1, 0.15) is 66.7 Å². The van der Waals surface area contributed by atoms with Crippen LogP contribution in [0.4, 0.5) is 0 Å². The van der Waals surface area contributed by atoms with Crippen LogP contribution in [-0.4, -0.2) is 24.9 Å². The zero-order valence-electron chi connectivity index (χ0n) is 12.7. The Kier molecular flexibility index (Phi) is 18.0. The normalized spacial score (nSPS) is 10.6. The maximum absolute atomic E-state index is 8.20. The SMILES string of the molecule is CC(C)CCOCCC(C)C.CCCCCO. The fourth-order valence-corrected chi connectivity index (χ4v) is 1.10. The topological polar surface area (TPSA) is 29.5 Å².